The summed E-state index contributed by atoms with van der Waals surface area (Å²) in [4.78, 5) is 0. The third-order valence-corrected chi connectivity index (χ3v) is 4.64. The summed E-state index contributed by atoms with van der Waals surface area (Å²) in [5.74, 6) is 0. The normalized spacial score (nSPS) is 12.4. The second kappa shape index (κ2) is 7.77. The average molecular weight is 346 g/mol. The summed E-state index contributed by atoms with van der Waals surface area (Å²) in [5, 5.41) is 3.62. The van der Waals surface area contributed by atoms with Crippen molar-refractivity contribution in [3.63, 3.8) is 0 Å². The Morgan fingerprint density at radius 2 is 1.81 bits per heavy atom. The molecule has 0 aliphatic heterocycles. The molecule has 2 heteroatoms. The molecule has 0 fully saturated rings. The Morgan fingerprint density at radius 1 is 1.05 bits per heavy atom. The van der Waals surface area contributed by atoms with E-state index in [4.69, 9.17) is 0 Å². The summed E-state index contributed by atoms with van der Waals surface area (Å²) in [6, 6.07) is 15.8. The maximum Gasteiger partial charge on any atom is 0.0576 e. The first kappa shape index (κ1) is 16.3. The van der Waals surface area contributed by atoms with E-state index in [1.165, 1.54) is 33.1 Å². The molecular weight excluding hydrogens is 322 g/mol. The number of benzene rings is 2. The smallest absolute Gasteiger partial charge is 0.0576 e. The van der Waals surface area contributed by atoms with Crippen molar-refractivity contribution in [1.82, 2.24) is 5.32 Å². The number of aryl methyl sites for hydroxylation is 2. The van der Waals surface area contributed by atoms with Crippen LogP contribution in [0.4, 0.5) is 0 Å². The molecule has 2 aromatic rings. The molecule has 112 valence electrons. The fourth-order valence-electron chi connectivity index (χ4n) is 2.70. The Balaban J connectivity index is 2.37. The van der Waals surface area contributed by atoms with Gasteiger partial charge in [-0.3, -0.25) is 0 Å². The van der Waals surface area contributed by atoms with Crippen LogP contribution in [0, 0.1) is 6.92 Å². The van der Waals surface area contributed by atoms with Gasteiger partial charge in [-0.25, -0.2) is 0 Å². The third-order valence-electron chi connectivity index (χ3n) is 3.75. The number of nitrogens with one attached hydrogen (secondary N) is 1. The van der Waals surface area contributed by atoms with Gasteiger partial charge in [-0.1, -0.05) is 72.6 Å². The Kier molecular flexibility index (Phi) is 6.01. The van der Waals surface area contributed by atoms with Gasteiger partial charge in [-0.05, 0) is 48.2 Å². The molecule has 21 heavy (non-hydrogen) atoms. The summed E-state index contributed by atoms with van der Waals surface area (Å²) in [5.41, 5.74) is 5.38. The van der Waals surface area contributed by atoms with Gasteiger partial charge in [0.2, 0.25) is 0 Å². The van der Waals surface area contributed by atoms with E-state index in [9.17, 15) is 0 Å². The Hall–Kier alpha value is -1.12. The van der Waals surface area contributed by atoms with E-state index < -0.39 is 0 Å². The van der Waals surface area contributed by atoms with Crippen LogP contribution in [0.1, 0.15) is 48.6 Å². The minimum atomic E-state index is 0.263. The number of halogens is 1. The van der Waals surface area contributed by atoms with E-state index in [-0.39, 0.29) is 6.04 Å². The predicted octanol–water partition coefficient (Wildman–Crippen LogP) is 5.41. The van der Waals surface area contributed by atoms with Crippen molar-refractivity contribution in [3.8, 4) is 0 Å². The minimum Gasteiger partial charge on any atom is -0.307 e. The molecule has 0 aliphatic carbocycles. The van der Waals surface area contributed by atoms with Crippen LogP contribution in [0.15, 0.2) is 46.9 Å². The van der Waals surface area contributed by atoms with Crippen molar-refractivity contribution in [2.45, 2.75) is 39.7 Å². The lowest BCUT2D eigenvalue weighted by Crippen LogP contribution is -2.22. The molecule has 1 N–H and O–H groups in total. The van der Waals surface area contributed by atoms with Gasteiger partial charge in [0, 0.05) is 4.47 Å². The summed E-state index contributed by atoms with van der Waals surface area (Å²) < 4.78 is 1.17. The van der Waals surface area contributed by atoms with Crippen LogP contribution in [-0.4, -0.2) is 6.54 Å². The molecule has 1 nitrogen and oxygen atoms in total. The predicted molar refractivity (Wildman–Crippen MR) is 94.8 cm³/mol. The zero-order valence-corrected chi connectivity index (χ0v) is 14.7. The molecular formula is C19H24BrN. The topological polar surface area (TPSA) is 12.0 Å². The van der Waals surface area contributed by atoms with Crippen LogP contribution in [0.5, 0.6) is 0 Å². The van der Waals surface area contributed by atoms with E-state index in [0.717, 1.165) is 13.0 Å². The molecule has 1 atom stereocenters. The first-order chi connectivity index (χ1) is 10.2. The van der Waals surface area contributed by atoms with Gasteiger partial charge < -0.3 is 5.32 Å². The van der Waals surface area contributed by atoms with Crippen molar-refractivity contribution >= 4 is 15.9 Å². The minimum absolute atomic E-state index is 0.263. The van der Waals surface area contributed by atoms with Crippen LogP contribution in [0.3, 0.4) is 0 Å². The van der Waals surface area contributed by atoms with Gasteiger partial charge in [0.15, 0.2) is 0 Å². The molecule has 0 amide bonds. The van der Waals surface area contributed by atoms with E-state index >= 15 is 0 Å². The number of hydrogen-bond donors (Lipinski definition) is 1. The average Bonchev–Trinajstić information content (AvgIpc) is 2.48. The van der Waals surface area contributed by atoms with E-state index in [1.807, 2.05) is 0 Å². The van der Waals surface area contributed by atoms with Crippen LogP contribution >= 0.6 is 15.9 Å². The van der Waals surface area contributed by atoms with Gasteiger partial charge in [-0.2, -0.15) is 0 Å². The van der Waals surface area contributed by atoms with E-state index in [0.29, 0.717) is 0 Å². The molecule has 1 unspecified atom stereocenters. The van der Waals surface area contributed by atoms with Gasteiger partial charge in [0.1, 0.15) is 0 Å². The summed E-state index contributed by atoms with van der Waals surface area (Å²) in [7, 11) is 0. The van der Waals surface area contributed by atoms with Crippen LogP contribution in [-0.2, 0) is 6.42 Å². The Bertz CT molecular complexity index is 592. The van der Waals surface area contributed by atoms with E-state index in [2.05, 4.69) is 84.5 Å². The van der Waals surface area contributed by atoms with Gasteiger partial charge in [0.05, 0.1) is 6.04 Å². The van der Waals surface area contributed by atoms with Crippen molar-refractivity contribution < 1.29 is 0 Å². The monoisotopic (exact) mass is 345 g/mol. The highest BCUT2D eigenvalue weighted by Gasteiger charge is 2.14. The standard InChI is InChI=1S/C19H24BrN/c1-4-7-15-8-6-9-16(13-15)19(21-5-2)17-10-11-18(20)14(3)12-17/h6,8-13,19,21H,4-5,7H2,1-3H3. The quantitative estimate of drug-likeness (QED) is 0.737. The summed E-state index contributed by atoms with van der Waals surface area (Å²) in [6.07, 6.45) is 2.33. The highest BCUT2D eigenvalue weighted by Crippen LogP contribution is 2.26. The molecule has 0 spiro atoms. The molecule has 2 aromatic carbocycles. The van der Waals surface area contributed by atoms with Gasteiger partial charge in [-0.15, -0.1) is 0 Å². The molecule has 0 bridgehead atoms. The van der Waals surface area contributed by atoms with Gasteiger partial charge >= 0.3 is 0 Å². The van der Waals surface area contributed by atoms with Crippen LogP contribution in [0.25, 0.3) is 0 Å². The SMILES string of the molecule is CCCc1cccc(C(NCC)c2ccc(Br)c(C)c2)c1. The second-order valence-electron chi connectivity index (χ2n) is 5.49. The number of rotatable bonds is 6. The summed E-state index contributed by atoms with van der Waals surface area (Å²) in [6.45, 7) is 7.49. The lowest BCUT2D eigenvalue weighted by molar-refractivity contribution is 0.629. The lowest BCUT2D eigenvalue weighted by atomic mass is 9.95. The first-order valence-corrected chi connectivity index (χ1v) is 8.53. The molecule has 0 saturated heterocycles. The highest BCUT2D eigenvalue weighted by molar-refractivity contribution is 9.10. The van der Waals surface area contributed by atoms with Crippen LogP contribution in [0.2, 0.25) is 0 Å². The fourth-order valence-corrected chi connectivity index (χ4v) is 2.94. The molecule has 0 saturated carbocycles. The largest absolute Gasteiger partial charge is 0.307 e. The maximum absolute atomic E-state index is 3.62. The van der Waals surface area contributed by atoms with Crippen molar-refractivity contribution in [2.24, 2.45) is 0 Å². The Morgan fingerprint density at radius 3 is 2.48 bits per heavy atom. The molecule has 0 aliphatic rings. The maximum atomic E-state index is 3.62. The second-order valence-corrected chi connectivity index (χ2v) is 6.35. The third kappa shape index (κ3) is 4.18. The van der Waals surface area contributed by atoms with Crippen molar-refractivity contribution in [2.75, 3.05) is 6.54 Å². The van der Waals surface area contributed by atoms with Crippen molar-refractivity contribution in [3.05, 3.63) is 69.2 Å². The highest BCUT2D eigenvalue weighted by atomic mass is 79.9. The fraction of sp³-hybridized carbons (Fsp3) is 0.368. The summed E-state index contributed by atoms with van der Waals surface area (Å²) >= 11 is 3.59. The zero-order valence-electron chi connectivity index (χ0n) is 13.1. The molecule has 0 heterocycles. The van der Waals surface area contributed by atoms with Gasteiger partial charge in [0.25, 0.3) is 0 Å². The lowest BCUT2D eigenvalue weighted by Gasteiger charge is -2.20. The molecule has 0 radical (unpaired) electrons. The Labute approximate surface area is 136 Å². The molecule has 2 rings (SSSR count). The zero-order chi connectivity index (χ0) is 15.2. The van der Waals surface area contributed by atoms with Crippen molar-refractivity contribution in [1.29, 1.82) is 0 Å². The number of hydrogen-bond acceptors (Lipinski definition) is 1. The molecule has 0 aromatic heterocycles. The van der Waals surface area contributed by atoms with E-state index in [1.54, 1.807) is 0 Å². The van der Waals surface area contributed by atoms with Crippen LogP contribution < -0.4 is 5.32 Å². The first-order valence-electron chi connectivity index (χ1n) is 7.74.